The van der Waals surface area contributed by atoms with Crippen LogP contribution in [0.15, 0.2) is 47.6 Å². The molecule has 1 atom stereocenters. The van der Waals surface area contributed by atoms with Gasteiger partial charge in [-0.3, -0.25) is 9.88 Å². The molecular formula is C19H25N3O5S. The first-order valence-electron chi connectivity index (χ1n) is 8.98. The van der Waals surface area contributed by atoms with Gasteiger partial charge in [0.2, 0.25) is 10.0 Å². The van der Waals surface area contributed by atoms with E-state index < -0.39 is 10.0 Å². The standard InChI is InChI=1S/C19H25N3O5S/c1-25-18-6-5-16(12-19(18)26-2)28(23,24)21-14-17(15-4-3-7-20-13-15)22-8-10-27-11-9-22/h3-7,12-13,17,21H,8-11,14H2,1-2H3. The maximum absolute atomic E-state index is 12.9. The Hall–Kier alpha value is -2.20. The summed E-state index contributed by atoms with van der Waals surface area (Å²) >= 11 is 0. The number of nitrogens with one attached hydrogen (secondary N) is 1. The lowest BCUT2D eigenvalue weighted by Gasteiger charge is -2.34. The SMILES string of the molecule is COc1ccc(S(=O)(=O)NCC(c2cccnc2)N2CCOCC2)cc1OC. The van der Waals surface area contributed by atoms with E-state index in [1.165, 1.54) is 26.4 Å². The smallest absolute Gasteiger partial charge is 0.240 e. The van der Waals surface area contributed by atoms with Crippen molar-refractivity contribution in [3.8, 4) is 11.5 Å². The first-order chi connectivity index (χ1) is 13.5. The highest BCUT2D eigenvalue weighted by molar-refractivity contribution is 7.89. The number of benzene rings is 1. The molecule has 152 valence electrons. The van der Waals surface area contributed by atoms with Crippen LogP contribution in [0.4, 0.5) is 0 Å². The number of hydrogen-bond donors (Lipinski definition) is 1. The Morgan fingerprint density at radius 3 is 2.57 bits per heavy atom. The molecule has 3 rings (SSSR count). The summed E-state index contributed by atoms with van der Waals surface area (Å²) in [5, 5.41) is 0. The van der Waals surface area contributed by atoms with Crippen molar-refractivity contribution in [1.82, 2.24) is 14.6 Å². The largest absolute Gasteiger partial charge is 0.493 e. The summed E-state index contributed by atoms with van der Waals surface area (Å²) < 4.78 is 44.2. The summed E-state index contributed by atoms with van der Waals surface area (Å²) in [5.74, 6) is 0.838. The molecule has 1 aromatic heterocycles. The lowest BCUT2D eigenvalue weighted by molar-refractivity contribution is 0.0171. The molecule has 0 saturated carbocycles. The molecular weight excluding hydrogens is 382 g/mol. The predicted octanol–water partition coefficient (Wildman–Crippen LogP) is 1.45. The van der Waals surface area contributed by atoms with E-state index >= 15 is 0 Å². The minimum atomic E-state index is -3.72. The van der Waals surface area contributed by atoms with Gasteiger partial charge in [-0.2, -0.15) is 0 Å². The molecule has 8 nitrogen and oxygen atoms in total. The molecule has 28 heavy (non-hydrogen) atoms. The number of aromatic nitrogens is 1. The Labute approximate surface area is 165 Å². The van der Waals surface area contributed by atoms with Crippen LogP contribution in [0.3, 0.4) is 0 Å². The highest BCUT2D eigenvalue weighted by Crippen LogP contribution is 2.29. The Morgan fingerprint density at radius 2 is 1.93 bits per heavy atom. The van der Waals surface area contributed by atoms with Crippen LogP contribution in [0.5, 0.6) is 11.5 Å². The van der Waals surface area contributed by atoms with Crippen LogP contribution in [0.1, 0.15) is 11.6 Å². The molecule has 1 fully saturated rings. The molecule has 9 heteroatoms. The van der Waals surface area contributed by atoms with Crippen molar-refractivity contribution in [2.24, 2.45) is 0 Å². The molecule has 1 aromatic carbocycles. The van der Waals surface area contributed by atoms with Crippen molar-refractivity contribution in [3.05, 3.63) is 48.3 Å². The van der Waals surface area contributed by atoms with Gasteiger partial charge in [0.05, 0.1) is 38.4 Å². The summed E-state index contributed by atoms with van der Waals surface area (Å²) in [6, 6.07) is 8.21. The summed E-state index contributed by atoms with van der Waals surface area (Å²) in [5.41, 5.74) is 0.958. The molecule has 0 radical (unpaired) electrons. The van der Waals surface area contributed by atoms with Gasteiger partial charge in [-0.1, -0.05) is 6.07 Å². The number of methoxy groups -OCH3 is 2. The second-order valence-electron chi connectivity index (χ2n) is 6.32. The van der Waals surface area contributed by atoms with E-state index in [1.54, 1.807) is 18.5 Å². The normalized spacial score (nSPS) is 16.5. The summed E-state index contributed by atoms with van der Waals surface area (Å²) in [6.07, 6.45) is 3.47. The first kappa shape index (κ1) is 20.5. The average Bonchev–Trinajstić information content (AvgIpc) is 2.74. The third-order valence-corrected chi connectivity index (χ3v) is 6.11. The fraction of sp³-hybridized carbons (Fsp3) is 0.421. The van der Waals surface area contributed by atoms with Crippen molar-refractivity contribution in [2.45, 2.75) is 10.9 Å². The molecule has 2 heterocycles. The molecule has 0 aliphatic carbocycles. The Balaban J connectivity index is 1.80. The zero-order valence-corrected chi connectivity index (χ0v) is 16.8. The van der Waals surface area contributed by atoms with Crippen LogP contribution < -0.4 is 14.2 Å². The number of pyridine rings is 1. The molecule has 1 N–H and O–H groups in total. The van der Waals surface area contributed by atoms with Crippen molar-refractivity contribution < 1.29 is 22.6 Å². The van der Waals surface area contributed by atoms with E-state index in [4.69, 9.17) is 14.2 Å². The van der Waals surface area contributed by atoms with Crippen molar-refractivity contribution in [2.75, 3.05) is 47.1 Å². The topological polar surface area (TPSA) is 90.0 Å². The van der Waals surface area contributed by atoms with Gasteiger partial charge < -0.3 is 14.2 Å². The van der Waals surface area contributed by atoms with E-state index in [-0.39, 0.29) is 17.5 Å². The van der Waals surface area contributed by atoms with E-state index in [0.717, 1.165) is 18.7 Å². The van der Waals surface area contributed by atoms with Crippen molar-refractivity contribution in [3.63, 3.8) is 0 Å². The van der Waals surface area contributed by atoms with Gasteiger partial charge in [0, 0.05) is 38.1 Å². The van der Waals surface area contributed by atoms with E-state index in [1.807, 2.05) is 12.1 Å². The van der Waals surface area contributed by atoms with E-state index in [2.05, 4.69) is 14.6 Å². The number of rotatable bonds is 8. The zero-order chi connectivity index (χ0) is 20.0. The molecule has 1 aliphatic heterocycles. The predicted molar refractivity (Wildman–Crippen MR) is 104 cm³/mol. The highest BCUT2D eigenvalue weighted by atomic mass is 32.2. The molecule has 2 aromatic rings. The minimum Gasteiger partial charge on any atom is -0.493 e. The van der Waals surface area contributed by atoms with E-state index in [9.17, 15) is 8.42 Å². The zero-order valence-electron chi connectivity index (χ0n) is 16.0. The molecule has 0 spiro atoms. The fourth-order valence-corrected chi connectivity index (χ4v) is 4.23. The van der Waals surface area contributed by atoms with Crippen LogP contribution >= 0.6 is 0 Å². The van der Waals surface area contributed by atoms with Gasteiger partial charge in [-0.25, -0.2) is 13.1 Å². The van der Waals surface area contributed by atoms with Crippen molar-refractivity contribution in [1.29, 1.82) is 0 Å². The van der Waals surface area contributed by atoms with Crippen LogP contribution in [-0.4, -0.2) is 65.4 Å². The Kier molecular flexibility index (Phi) is 6.84. The maximum Gasteiger partial charge on any atom is 0.240 e. The van der Waals surface area contributed by atoms with Crippen LogP contribution in [0.25, 0.3) is 0 Å². The van der Waals surface area contributed by atoms with Gasteiger partial charge in [-0.15, -0.1) is 0 Å². The Morgan fingerprint density at radius 1 is 1.18 bits per heavy atom. The number of hydrogen-bond acceptors (Lipinski definition) is 7. The molecule has 1 aliphatic rings. The van der Waals surface area contributed by atoms with Crippen LogP contribution in [0.2, 0.25) is 0 Å². The van der Waals surface area contributed by atoms with Gasteiger partial charge in [0.25, 0.3) is 0 Å². The molecule has 0 bridgehead atoms. The third-order valence-electron chi connectivity index (χ3n) is 4.69. The van der Waals surface area contributed by atoms with Gasteiger partial charge >= 0.3 is 0 Å². The second-order valence-corrected chi connectivity index (χ2v) is 8.09. The van der Waals surface area contributed by atoms with Gasteiger partial charge in [0.1, 0.15) is 0 Å². The fourth-order valence-electron chi connectivity index (χ4n) is 3.18. The lowest BCUT2D eigenvalue weighted by atomic mass is 10.1. The molecule has 1 unspecified atom stereocenters. The number of sulfonamides is 1. The highest BCUT2D eigenvalue weighted by Gasteiger charge is 2.25. The monoisotopic (exact) mass is 407 g/mol. The number of ether oxygens (including phenoxy) is 3. The van der Waals surface area contributed by atoms with E-state index in [0.29, 0.717) is 24.7 Å². The first-order valence-corrected chi connectivity index (χ1v) is 10.5. The Bertz CT molecular complexity index is 870. The maximum atomic E-state index is 12.9. The summed E-state index contributed by atoms with van der Waals surface area (Å²) in [4.78, 5) is 6.51. The van der Waals surface area contributed by atoms with Crippen molar-refractivity contribution >= 4 is 10.0 Å². The average molecular weight is 407 g/mol. The van der Waals surface area contributed by atoms with Crippen LogP contribution in [0, 0.1) is 0 Å². The summed E-state index contributed by atoms with van der Waals surface area (Å²) in [7, 11) is -0.748. The number of morpholine rings is 1. The third kappa shape index (κ3) is 4.79. The quantitative estimate of drug-likeness (QED) is 0.708. The second kappa shape index (κ2) is 9.33. The van der Waals surface area contributed by atoms with Crippen LogP contribution in [-0.2, 0) is 14.8 Å². The minimum absolute atomic E-state index is 0.122. The number of nitrogens with zero attached hydrogens (tertiary/aromatic N) is 2. The van der Waals surface area contributed by atoms with Gasteiger partial charge in [-0.05, 0) is 23.8 Å². The molecule has 0 amide bonds. The molecule has 1 saturated heterocycles. The summed E-state index contributed by atoms with van der Waals surface area (Å²) in [6.45, 7) is 2.94. The van der Waals surface area contributed by atoms with Gasteiger partial charge in [0.15, 0.2) is 11.5 Å². The lowest BCUT2D eigenvalue weighted by Crippen LogP contribution is -2.43.